The summed E-state index contributed by atoms with van der Waals surface area (Å²) in [5.41, 5.74) is 5.00. The zero-order valence-electron chi connectivity index (χ0n) is 17.1. The Balaban J connectivity index is 1.61. The Hall–Kier alpha value is -3.73. The van der Waals surface area contributed by atoms with Gasteiger partial charge in [-0.2, -0.15) is 5.26 Å². The molecule has 0 fully saturated rings. The number of anilines is 1. The maximum Gasteiger partial charge on any atom is 0.273 e. The molecule has 0 bridgehead atoms. The van der Waals surface area contributed by atoms with E-state index >= 15 is 0 Å². The molecular formula is C22H23N7O. The van der Waals surface area contributed by atoms with Crippen LogP contribution in [-0.4, -0.2) is 39.0 Å². The van der Waals surface area contributed by atoms with Crippen molar-refractivity contribution in [1.29, 1.82) is 5.26 Å². The molecule has 4 rings (SSSR count). The van der Waals surface area contributed by atoms with E-state index in [1.165, 1.54) is 11.1 Å². The molecule has 3 aromatic rings. The van der Waals surface area contributed by atoms with E-state index < -0.39 is 0 Å². The summed E-state index contributed by atoms with van der Waals surface area (Å²) in [7, 11) is 0. The molecule has 2 aromatic heterocycles. The molecule has 0 saturated heterocycles. The number of fused-ring (bicyclic) bond motifs is 1. The van der Waals surface area contributed by atoms with Crippen molar-refractivity contribution in [2.24, 2.45) is 0 Å². The van der Waals surface area contributed by atoms with Gasteiger partial charge in [0.2, 0.25) is 0 Å². The molecule has 1 N–H and O–H groups in total. The lowest BCUT2D eigenvalue weighted by Crippen LogP contribution is -2.31. The Morgan fingerprint density at radius 1 is 1.30 bits per heavy atom. The zero-order chi connectivity index (χ0) is 21.1. The lowest BCUT2D eigenvalue weighted by molar-refractivity contribution is 0.0948. The van der Waals surface area contributed by atoms with Gasteiger partial charge in [-0.3, -0.25) is 4.79 Å². The van der Waals surface area contributed by atoms with Crippen molar-refractivity contribution in [2.45, 2.75) is 33.2 Å². The molecule has 0 aliphatic carbocycles. The SMILES string of the molecule is CCCNC(=O)c1nnn(-c2cccc3c2CCN(c2ccc(C#N)cn2)C3)c1C. The second-order valence-corrected chi connectivity index (χ2v) is 7.29. The van der Waals surface area contributed by atoms with E-state index in [9.17, 15) is 4.79 Å². The summed E-state index contributed by atoms with van der Waals surface area (Å²) in [5, 5.41) is 20.2. The third kappa shape index (κ3) is 3.62. The standard InChI is InChI=1S/C22H23N7O/c1-3-10-24-22(30)21-15(2)29(27-26-21)19-6-4-5-17-14-28(11-9-18(17)19)20-8-7-16(12-23)13-25-20/h4-8,13H,3,9-11,14H2,1-2H3,(H,24,30). The van der Waals surface area contributed by atoms with E-state index in [2.05, 4.69) is 37.6 Å². The highest BCUT2D eigenvalue weighted by molar-refractivity contribution is 5.93. The van der Waals surface area contributed by atoms with Gasteiger partial charge in [-0.15, -0.1) is 5.10 Å². The summed E-state index contributed by atoms with van der Waals surface area (Å²) in [5.74, 6) is 0.667. The second-order valence-electron chi connectivity index (χ2n) is 7.29. The number of nitriles is 1. The van der Waals surface area contributed by atoms with Crippen LogP contribution in [0.15, 0.2) is 36.5 Å². The van der Waals surface area contributed by atoms with Gasteiger partial charge >= 0.3 is 0 Å². The molecule has 1 amide bonds. The number of nitrogens with one attached hydrogen (secondary N) is 1. The number of aromatic nitrogens is 4. The zero-order valence-corrected chi connectivity index (χ0v) is 17.1. The second kappa shape index (κ2) is 8.33. The summed E-state index contributed by atoms with van der Waals surface area (Å²) in [4.78, 5) is 19.0. The van der Waals surface area contributed by atoms with Crippen molar-refractivity contribution in [3.63, 3.8) is 0 Å². The summed E-state index contributed by atoms with van der Waals surface area (Å²) < 4.78 is 1.76. The number of rotatable bonds is 5. The highest BCUT2D eigenvalue weighted by Crippen LogP contribution is 2.28. The number of hydrogen-bond donors (Lipinski definition) is 1. The number of amides is 1. The first-order valence-corrected chi connectivity index (χ1v) is 10.0. The number of pyridine rings is 1. The van der Waals surface area contributed by atoms with E-state index in [1.807, 2.05) is 32.0 Å². The number of benzene rings is 1. The summed E-state index contributed by atoms with van der Waals surface area (Å²) in [6.45, 7) is 6.03. The summed E-state index contributed by atoms with van der Waals surface area (Å²) >= 11 is 0. The molecule has 152 valence electrons. The smallest absolute Gasteiger partial charge is 0.273 e. The van der Waals surface area contributed by atoms with Gasteiger partial charge in [-0.25, -0.2) is 9.67 Å². The van der Waals surface area contributed by atoms with Crippen LogP contribution >= 0.6 is 0 Å². The minimum absolute atomic E-state index is 0.191. The van der Waals surface area contributed by atoms with Gasteiger partial charge in [0.25, 0.3) is 5.91 Å². The largest absolute Gasteiger partial charge is 0.352 e. The van der Waals surface area contributed by atoms with Crippen LogP contribution in [0.4, 0.5) is 5.82 Å². The predicted octanol–water partition coefficient (Wildman–Crippen LogP) is 2.54. The van der Waals surface area contributed by atoms with Gasteiger partial charge in [0, 0.05) is 25.8 Å². The average Bonchev–Trinajstić information content (AvgIpc) is 3.17. The van der Waals surface area contributed by atoms with Crippen LogP contribution in [0.2, 0.25) is 0 Å². The topological polar surface area (TPSA) is 99.7 Å². The molecule has 1 aliphatic rings. The Morgan fingerprint density at radius 2 is 2.17 bits per heavy atom. The predicted molar refractivity (Wildman–Crippen MR) is 112 cm³/mol. The van der Waals surface area contributed by atoms with Crippen molar-refractivity contribution in [3.8, 4) is 11.8 Å². The molecule has 8 nitrogen and oxygen atoms in total. The molecule has 0 saturated carbocycles. The van der Waals surface area contributed by atoms with Crippen LogP contribution in [-0.2, 0) is 13.0 Å². The lowest BCUT2D eigenvalue weighted by Gasteiger charge is -2.31. The number of hydrogen-bond acceptors (Lipinski definition) is 6. The van der Waals surface area contributed by atoms with E-state index in [0.717, 1.165) is 43.1 Å². The molecular weight excluding hydrogens is 378 g/mol. The Morgan fingerprint density at radius 3 is 2.90 bits per heavy atom. The van der Waals surface area contributed by atoms with Crippen LogP contribution < -0.4 is 10.2 Å². The molecule has 8 heteroatoms. The van der Waals surface area contributed by atoms with Crippen molar-refractivity contribution in [1.82, 2.24) is 25.3 Å². The number of carbonyl (C=O) groups is 1. The minimum Gasteiger partial charge on any atom is -0.352 e. The minimum atomic E-state index is -0.191. The molecule has 30 heavy (non-hydrogen) atoms. The van der Waals surface area contributed by atoms with E-state index in [1.54, 1.807) is 16.9 Å². The van der Waals surface area contributed by atoms with Crippen molar-refractivity contribution in [3.05, 3.63) is 64.6 Å². The fourth-order valence-corrected chi connectivity index (χ4v) is 3.71. The van der Waals surface area contributed by atoms with Crippen molar-refractivity contribution in [2.75, 3.05) is 18.0 Å². The Kier molecular flexibility index (Phi) is 5.44. The van der Waals surface area contributed by atoms with E-state index in [0.29, 0.717) is 17.8 Å². The van der Waals surface area contributed by atoms with E-state index in [-0.39, 0.29) is 5.91 Å². The Labute approximate surface area is 175 Å². The fraction of sp³-hybridized carbons (Fsp3) is 0.318. The summed E-state index contributed by atoms with van der Waals surface area (Å²) in [6, 6.07) is 11.9. The summed E-state index contributed by atoms with van der Waals surface area (Å²) in [6.07, 6.45) is 3.30. The Bertz CT molecular complexity index is 1110. The highest BCUT2D eigenvalue weighted by Gasteiger charge is 2.23. The fourth-order valence-electron chi connectivity index (χ4n) is 3.71. The first-order valence-electron chi connectivity index (χ1n) is 10.0. The van der Waals surface area contributed by atoms with Crippen LogP contribution in [0, 0.1) is 18.3 Å². The molecule has 1 aliphatic heterocycles. The first-order chi connectivity index (χ1) is 14.6. The molecule has 0 atom stereocenters. The molecule has 0 spiro atoms. The average molecular weight is 401 g/mol. The molecule has 0 unspecified atom stereocenters. The van der Waals surface area contributed by atoms with Gasteiger partial charge in [-0.1, -0.05) is 24.3 Å². The van der Waals surface area contributed by atoms with Crippen LogP contribution in [0.3, 0.4) is 0 Å². The lowest BCUT2D eigenvalue weighted by atomic mass is 9.97. The third-order valence-electron chi connectivity index (χ3n) is 5.32. The van der Waals surface area contributed by atoms with Crippen molar-refractivity contribution < 1.29 is 4.79 Å². The third-order valence-corrected chi connectivity index (χ3v) is 5.32. The van der Waals surface area contributed by atoms with Gasteiger partial charge in [-0.05, 0) is 49.1 Å². The van der Waals surface area contributed by atoms with Crippen LogP contribution in [0.25, 0.3) is 5.69 Å². The molecule has 3 heterocycles. The van der Waals surface area contributed by atoms with Crippen molar-refractivity contribution >= 4 is 11.7 Å². The number of carbonyl (C=O) groups excluding carboxylic acids is 1. The molecule has 0 radical (unpaired) electrons. The number of nitrogens with zero attached hydrogens (tertiary/aromatic N) is 6. The van der Waals surface area contributed by atoms with E-state index in [4.69, 9.17) is 5.26 Å². The normalized spacial score (nSPS) is 12.9. The van der Waals surface area contributed by atoms with Crippen LogP contribution in [0.1, 0.15) is 46.2 Å². The first kappa shape index (κ1) is 19.6. The quantitative estimate of drug-likeness (QED) is 0.705. The van der Waals surface area contributed by atoms with Gasteiger partial charge < -0.3 is 10.2 Å². The van der Waals surface area contributed by atoms with Gasteiger partial charge in [0.05, 0.1) is 16.9 Å². The van der Waals surface area contributed by atoms with Gasteiger partial charge in [0.15, 0.2) is 5.69 Å². The maximum atomic E-state index is 12.3. The highest BCUT2D eigenvalue weighted by atomic mass is 16.2. The maximum absolute atomic E-state index is 12.3. The monoisotopic (exact) mass is 401 g/mol. The van der Waals surface area contributed by atoms with Crippen LogP contribution in [0.5, 0.6) is 0 Å². The molecule has 1 aromatic carbocycles. The van der Waals surface area contributed by atoms with Gasteiger partial charge in [0.1, 0.15) is 11.9 Å².